The third kappa shape index (κ3) is 5.36. The zero-order valence-electron chi connectivity index (χ0n) is 11.1. The van der Waals surface area contributed by atoms with Gasteiger partial charge < -0.3 is 15.7 Å². The molecule has 0 aliphatic heterocycles. The first-order chi connectivity index (χ1) is 9.02. The van der Waals surface area contributed by atoms with Crippen molar-refractivity contribution in [2.45, 2.75) is 32.2 Å². The first kappa shape index (κ1) is 14.9. The molecule has 3 N–H and O–H groups in total. The van der Waals surface area contributed by atoms with Crippen LogP contribution in [0.25, 0.3) is 0 Å². The second kappa shape index (κ2) is 7.34. The Hall–Kier alpha value is -2.12. The van der Waals surface area contributed by atoms with Gasteiger partial charge in [0.15, 0.2) is 5.82 Å². The predicted octanol–water partition coefficient (Wildman–Crippen LogP) is -0.0899. The highest BCUT2D eigenvalue weighted by Crippen LogP contribution is 1.96. The zero-order valence-corrected chi connectivity index (χ0v) is 11.1. The average Bonchev–Trinajstić information content (AvgIpc) is 2.74. The quantitative estimate of drug-likeness (QED) is 0.641. The largest absolute Gasteiger partial charge is 0.480 e. The Bertz CT molecular complexity index is 432. The molecule has 0 bridgehead atoms. The number of urea groups is 1. The van der Waals surface area contributed by atoms with Crippen molar-refractivity contribution in [1.29, 1.82) is 0 Å². The Balaban J connectivity index is 2.28. The van der Waals surface area contributed by atoms with E-state index in [4.69, 9.17) is 5.11 Å². The van der Waals surface area contributed by atoms with E-state index in [2.05, 4.69) is 20.7 Å². The van der Waals surface area contributed by atoms with Crippen LogP contribution < -0.4 is 10.6 Å². The summed E-state index contributed by atoms with van der Waals surface area (Å²) in [5.41, 5.74) is 0. The number of nitrogens with zero attached hydrogens (tertiary/aromatic N) is 3. The minimum absolute atomic E-state index is 0.355. The zero-order chi connectivity index (χ0) is 14.3. The molecule has 1 atom stereocenters. The van der Waals surface area contributed by atoms with E-state index in [1.165, 1.54) is 0 Å². The first-order valence-electron chi connectivity index (χ1n) is 6.14. The van der Waals surface area contributed by atoms with Gasteiger partial charge in [0.2, 0.25) is 0 Å². The van der Waals surface area contributed by atoms with Crippen LogP contribution in [0.4, 0.5) is 4.79 Å². The standard InChI is InChI=1S/C11H19N5O3/c1-3-4-8(10(17)18)14-11(19)12-6-5-9-13-7-16(2)15-9/h7-8H,3-6H2,1-2H3,(H,17,18)(H2,12,14,19)/t8-/m0/s1. The number of aryl methyl sites for hydroxylation is 1. The molecule has 0 saturated heterocycles. The van der Waals surface area contributed by atoms with E-state index < -0.39 is 18.0 Å². The van der Waals surface area contributed by atoms with E-state index in [-0.39, 0.29) is 0 Å². The summed E-state index contributed by atoms with van der Waals surface area (Å²) >= 11 is 0. The Morgan fingerprint density at radius 1 is 1.53 bits per heavy atom. The highest BCUT2D eigenvalue weighted by Gasteiger charge is 2.18. The smallest absolute Gasteiger partial charge is 0.326 e. The molecule has 0 unspecified atom stereocenters. The molecule has 0 fully saturated rings. The second-order valence-corrected chi connectivity index (χ2v) is 4.16. The molecule has 19 heavy (non-hydrogen) atoms. The summed E-state index contributed by atoms with van der Waals surface area (Å²) in [6.45, 7) is 2.22. The molecule has 0 radical (unpaired) electrons. The molecule has 1 aromatic rings. The lowest BCUT2D eigenvalue weighted by Gasteiger charge is -2.13. The Labute approximate surface area is 111 Å². The number of aliphatic carboxylic acids is 1. The fourth-order valence-corrected chi connectivity index (χ4v) is 1.54. The summed E-state index contributed by atoms with van der Waals surface area (Å²) in [4.78, 5) is 26.4. The lowest BCUT2D eigenvalue weighted by atomic mass is 10.2. The van der Waals surface area contributed by atoms with Gasteiger partial charge in [-0.2, -0.15) is 5.10 Å². The van der Waals surface area contributed by atoms with Crippen molar-refractivity contribution in [3.05, 3.63) is 12.2 Å². The van der Waals surface area contributed by atoms with Crippen molar-refractivity contribution in [3.8, 4) is 0 Å². The number of hydrogen-bond acceptors (Lipinski definition) is 4. The molecular weight excluding hydrogens is 250 g/mol. The lowest BCUT2D eigenvalue weighted by Crippen LogP contribution is -2.46. The number of rotatable bonds is 7. The van der Waals surface area contributed by atoms with Crippen LogP contribution in [0.2, 0.25) is 0 Å². The maximum atomic E-state index is 11.5. The van der Waals surface area contributed by atoms with Gasteiger partial charge in [-0.05, 0) is 6.42 Å². The Morgan fingerprint density at radius 2 is 2.26 bits per heavy atom. The number of carboxylic acids is 1. The summed E-state index contributed by atoms with van der Waals surface area (Å²) in [5, 5.41) is 18.0. The van der Waals surface area contributed by atoms with Crippen molar-refractivity contribution in [3.63, 3.8) is 0 Å². The maximum absolute atomic E-state index is 11.5. The van der Waals surface area contributed by atoms with Gasteiger partial charge >= 0.3 is 12.0 Å². The fourth-order valence-electron chi connectivity index (χ4n) is 1.54. The van der Waals surface area contributed by atoms with Crippen LogP contribution in [0.5, 0.6) is 0 Å². The van der Waals surface area contributed by atoms with Crippen molar-refractivity contribution < 1.29 is 14.7 Å². The average molecular weight is 269 g/mol. The van der Waals surface area contributed by atoms with Crippen LogP contribution in [0.15, 0.2) is 6.33 Å². The molecule has 2 amide bonds. The molecule has 8 heteroatoms. The summed E-state index contributed by atoms with van der Waals surface area (Å²) in [6.07, 6.45) is 3.18. The molecule has 0 spiro atoms. The van der Waals surface area contributed by atoms with Gasteiger partial charge in [-0.1, -0.05) is 13.3 Å². The summed E-state index contributed by atoms with van der Waals surface area (Å²) in [6, 6.07) is -1.34. The molecule has 0 aliphatic carbocycles. The molecule has 0 aliphatic rings. The van der Waals surface area contributed by atoms with Gasteiger partial charge in [0.05, 0.1) is 0 Å². The summed E-state index contributed by atoms with van der Waals surface area (Å²) < 4.78 is 1.58. The number of nitrogens with one attached hydrogen (secondary N) is 2. The Morgan fingerprint density at radius 3 is 2.79 bits per heavy atom. The van der Waals surface area contributed by atoms with Crippen LogP contribution in [0.1, 0.15) is 25.6 Å². The number of amides is 2. The van der Waals surface area contributed by atoms with Crippen LogP contribution in [-0.2, 0) is 18.3 Å². The van der Waals surface area contributed by atoms with Crippen LogP contribution in [-0.4, -0.2) is 44.5 Å². The van der Waals surface area contributed by atoms with Crippen LogP contribution in [0, 0.1) is 0 Å². The Kier molecular flexibility index (Phi) is 5.77. The highest BCUT2D eigenvalue weighted by atomic mass is 16.4. The monoisotopic (exact) mass is 269 g/mol. The van der Waals surface area contributed by atoms with Gasteiger partial charge in [0.1, 0.15) is 12.4 Å². The normalized spacial score (nSPS) is 11.9. The number of carbonyl (C=O) groups excluding carboxylic acids is 1. The lowest BCUT2D eigenvalue weighted by molar-refractivity contribution is -0.139. The van der Waals surface area contributed by atoms with E-state index in [1.54, 1.807) is 18.1 Å². The van der Waals surface area contributed by atoms with Gasteiger partial charge in [0.25, 0.3) is 0 Å². The van der Waals surface area contributed by atoms with E-state index in [1.807, 2.05) is 6.92 Å². The molecule has 0 aromatic carbocycles. The van der Waals surface area contributed by atoms with Gasteiger partial charge in [-0.25, -0.2) is 14.6 Å². The molecule has 8 nitrogen and oxygen atoms in total. The SMILES string of the molecule is CCC[C@H](NC(=O)NCCc1ncn(C)n1)C(=O)O. The molecular formula is C11H19N5O3. The van der Waals surface area contributed by atoms with Crippen molar-refractivity contribution >= 4 is 12.0 Å². The number of aromatic nitrogens is 3. The van der Waals surface area contributed by atoms with E-state index in [0.717, 1.165) is 0 Å². The van der Waals surface area contributed by atoms with Gasteiger partial charge in [-0.3, -0.25) is 4.68 Å². The molecule has 1 rings (SSSR count). The first-order valence-corrected chi connectivity index (χ1v) is 6.14. The van der Waals surface area contributed by atoms with Crippen molar-refractivity contribution in [2.75, 3.05) is 6.54 Å². The number of carbonyl (C=O) groups is 2. The third-order valence-corrected chi connectivity index (χ3v) is 2.46. The van der Waals surface area contributed by atoms with Gasteiger partial charge in [-0.15, -0.1) is 0 Å². The van der Waals surface area contributed by atoms with Crippen LogP contribution >= 0.6 is 0 Å². The minimum atomic E-state index is -1.02. The van der Waals surface area contributed by atoms with E-state index in [0.29, 0.717) is 31.6 Å². The molecule has 0 saturated carbocycles. The van der Waals surface area contributed by atoms with E-state index in [9.17, 15) is 9.59 Å². The summed E-state index contributed by atoms with van der Waals surface area (Å²) in [5.74, 6) is -0.394. The number of hydrogen-bond donors (Lipinski definition) is 3. The maximum Gasteiger partial charge on any atom is 0.326 e. The summed E-state index contributed by atoms with van der Waals surface area (Å²) in [7, 11) is 1.76. The fraction of sp³-hybridized carbons (Fsp3) is 0.636. The second-order valence-electron chi connectivity index (χ2n) is 4.16. The van der Waals surface area contributed by atoms with Crippen LogP contribution in [0.3, 0.4) is 0 Å². The molecule has 1 heterocycles. The highest BCUT2D eigenvalue weighted by molar-refractivity contribution is 5.82. The number of carboxylic acid groups (broad SMARTS) is 1. The molecule has 106 valence electrons. The third-order valence-electron chi connectivity index (χ3n) is 2.46. The topological polar surface area (TPSA) is 109 Å². The molecule has 1 aromatic heterocycles. The predicted molar refractivity (Wildman–Crippen MR) is 67.6 cm³/mol. The minimum Gasteiger partial charge on any atom is -0.480 e. The van der Waals surface area contributed by atoms with Crippen molar-refractivity contribution in [1.82, 2.24) is 25.4 Å². The van der Waals surface area contributed by atoms with E-state index >= 15 is 0 Å². The van der Waals surface area contributed by atoms with Crippen molar-refractivity contribution in [2.24, 2.45) is 7.05 Å². The van der Waals surface area contributed by atoms with Gasteiger partial charge in [0, 0.05) is 20.0 Å².